The van der Waals surface area contributed by atoms with Gasteiger partial charge in [0.15, 0.2) is 5.65 Å². The molecule has 1 fully saturated rings. The van der Waals surface area contributed by atoms with Crippen molar-refractivity contribution in [2.75, 3.05) is 31.6 Å². The third kappa shape index (κ3) is 5.57. The fraction of sp³-hybridized carbons (Fsp3) is 0.200. The fourth-order valence-electron chi connectivity index (χ4n) is 4.56. The maximum atomic E-state index is 5.92. The number of hydrogen-bond acceptors (Lipinski definition) is 6. The highest BCUT2D eigenvalue weighted by Gasteiger charge is 2.12. The molecule has 0 amide bonds. The third-order valence-electron chi connectivity index (χ3n) is 6.47. The van der Waals surface area contributed by atoms with Gasteiger partial charge in [0.05, 0.1) is 5.69 Å². The Kier molecular flexibility index (Phi) is 6.68. The van der Waals surface area contributed by atoms with Gasteiger partial charge in [-0.05, 0) is 98.7 Å². The van der Waals surface area contributed by atoms with Crippen molar-refractivity contribution in [3.8, 4) is 28.5 Å². The molecule has 0 unspecified atom stereocenters. The van der Waals surface area contributed by atoms with Crippen molar-refractivity contribution in [3.63, 3.8) is 0 Å². The molecular weight excluding hydrogens is 462 g/mol. The van der Waals surface area contributed by atoms with Crippen LogP contribution in [0.1, 0.15) is 12.8 Å². The molecule has 3 heterocycles. The number of para-hydroxylation sites is 1. The first-order valence-electron chi connectivity index (χ1n) is 12.7. The molecule has 1 N–H and O–H groups in total. The van der Waals surface area contributed by atoms with E-state index >= 15 is 0 Å². The van der Waals surface area contributed by atoms with E-state index in [-0.39, 0.29) is 0 Å². The van der Waals surface area contributed by atoms with Crippen LogP contribution in [0, 0.1) is 0 Å². The molecule has 1 aliphatic heterocycles. The second-order valence-corrected chi connectivity index (χ2v) is 9.10. The lowest BCUT2D eigenvalue weighted by atomic mass is 10.1. The minimum Gasteiger partial charge on any atom is -0.492 e. The Morgan fingerprint density at radius 2 is 1.46 bits per heavy atom. The number of likely N-dealkylation sites (tertiary alicyclic amines) is 1. The molecule has 1 saturated heterocycles. The standard InChI is InChI=1S/C30H29N5O2/c1-2-7-26(8-3-1)37-27-15-11-23(12-16-27)28-9-6-10-29-32-30(33-35(28)29)31-24-13-17-25(18-14-24)36-22-21-34-19-4-5-20-34/h1-3,6-18H,4-5,19-22H2,(H,31,33). The van der Waals surface area contributed by atoms with Crippen LogP contribution < -0.4 is 14.8 Å². The highest BCUT2D eigenvalue weighted by atomic mass is 16.5. The molecule has 0 bridgehead atoms. The maximum absolute atomic E-state index is 5.92. The van der Waals surface area contributed by atoms with Gasteiger partial charge in [-0.1, -0.05) is 24.3 Å². The summed E-state index contributed by atoms with van der Waals surface area (Å²) in [5, 5.41) is 8.03. The first-order chi connectivity index (χ1) is 18.3. The molecule has 7 nitrogen and oxygen atoms in total. The number of fused-ring (bicyclic) bond motifs is 1. The van der Waals surface area contributed by atoms with Crippen molar-refractivity contribution in [1.29, 1.82) is 0 Å². The van der Waals surface area contributed by atoms with E-state index in [0.717, 1.165) is 46.4 Å². The number of nitrogens with one attached hydrogen (secondary N) is 1. The first kappa shape index (κ1) is 23.1. The molecule has 0 aliphatic carbocycles. The number of pyridine rings is 1. The van der Waals surface area contributed by atoms with Gasteiger partial charge >= 0.3 is 0 Å². The van der Waals surface area contributed by atoms with Gasteiger partial charge in [-0.15, -0.1) is 5.10 Å². The van der Waals surface area contributed by atoms with Crippen molar-refractivity contribution >= 4 is 17.3 Å². The minimum atomic E-state index is 0.541. The van der Waals surface area contributed by atoms with Crippen LogP contribution >= 0.6 is 0 Å². The number of hydrogen-bond donors (Lipinski definition) is 1. The zero-order valence-corrected chi connectivity index (χ0v) is 20.6. The maximum Gasteiger partial charge on any atom is 0.247 e. The van der Waals surface area contributed by atoms with Crippen molar-refractivity contribution in [3.05, 3.63) is 97.1 Å². The lowest BCUT2D eigenvalue weighted by molar-refractivity contribution is 0.238. The number of anilines is 2. The molecule has 5 aromatic rings. The molecule has 1 aliphatic rings. The van der Waals surface area contributed by atoms with Crippen LogP contribution in [0.25, 0.3) is 16.9 Å². The third-order valence-corrected chi connectivity index (χ3v) is 6.47. The Morgan fingerprint density at radius 1 is 0.730 bits per heavy atom. The van der Waals surface area contributed by atoms with E-state index in [1.165, 1.54) is 25.9 Å². The number of nitrogens with zero attached hydrogens (tertiary/aromatic N) is 4. The van der Waals surface area contributed by atoms with E-state index in [1.54, 1.807) is 0 Å². The highest BCUT2D eigenvalue weighted by molar-refractivity contribution is 5.65. The summed E-state index contributed by atoms with van der Waals surface area (Å²) in [6, 6.07) is 31.7. The molecular formula is C30H29N5O2. The van der Waals surface area contributed by atoms with Crippen molar-refractivity contribution in [2.45, 2.75) is 12.8 Å². The van der Waals surface area contributed by atoms with Crippen LogP contribution in [-0.4, -0.2) is 45.7 Å². The summed E-state index contributed by atoms with van der Waals surface area (Å²) < 4.78 is 13.7. The number of aromatic nitrogens is 3. The van der Waals surface area contributed by atoms with E-state index in [4.69, 9.17) is 14.6 Å². The van der Waals surface area contributed by atoms with Crippen LogP contribution in [0.3, 0.4) is 0 Å². The van der Waals surface area contributed by atoms with Gasteiger partial charge in [-0.2, -0.15) is 4.98 Å². The average molecular weight is 492 g/mol. The van der Waals surface area contributed by atoms with E-state index in [0.29, 0.717) is 12.6 Å². The van der Waals surface area contributed by atoms with Gasteiger partial charge in [0.1, 0.15) is 23.9 Å². The summed E-state index contributed by atoms with van der Waals surface area (Å²) in [7, 11) is 0. The van der Waals surface area contributed by atoms with Crippen LogP contribution in [0.2, 0.25) is 0 Å². The Morgan fingerprint density at radius 3 is 2.24 bits per heavy atom. The van der Waals surface area contributed by atoms with E-state index in [2.05, 4.69) is 15.2 Å². The topological polar surface area (TPSA) is 63.9 Å². The van der Waals surface area contributed by atoms with E-state index < -0.39 is 0 Å². The molecule has 0 saturated carbocycles. The normalized spacial score (nSPS) is 13.6. The van der Waals surface area contributed by atoms with Crippen molar-refractivity contribution < 1.29 is 9.47 Å². The molecule has 3 aromatic carbocycles. The zero-order chi connectivity index (χ0) is 24.9. The van der Waals surface area contributed by atoms with Gasteiger partial charge in [0.2, 0.25) is 5.95 Å². The van der Waals surface area contributed by atoms with Gasteiger partial charge in [0, 0.05) is 17.8 Å². The monoisotopic (exact) mass is 491 g/mol. The summed E-state index contributed by atoms with van der Waals surface area (Å²) in [6.07, 6.45) is 2.60. The van der Waals surface area contributed by atoms with Crippen molar-refractivity contribution in [2.24, 2.45) is 0 Å². The molecule has 186 valence electrons. The Labute approximate surface area is 216 Å². The summed E-state index contributed by atoms with van der Waals surface area (Å²) in [4.78, 5) is 7.11. The summed E-state index contributed by atoms with van der Waals surface area (Å²) in [5.74, 6) is 3.01. The lowest BCUT2D eigenvalue weighted by Gasteiger charge is -2.15. The molecule has 0 atom stereocenters. The second kappa shape index (κ2) is 10.7. The predicted octanol–water partition coefficient (Wildman–Crippen LogP) is 6.41. The van der Waals surface area contributed by atoms with Gasteiger partial charge in [-0.3, -0.25) is 4.90 Å². The molecule has 2 aromatic heterocycles. The van der Waals surface area contributed by atoms with Gasteiger partial charge < -0.3 is 14.8 Å². The van der Waals surface area contributed by atoms with Crippen LogP contribution in [-0.2, 0) is 0 Å². The predicted molar refractivity (Wildman–Crippen MR) is 146 cm³/mol. The highest BCUT2D eigenvalue weighted by Crippen LogP contribution is 2.27. The first-order valence-corrected chi connectivity index (χ1v) is 12.7. The Balaban J connectivity index is 1.12. The van der Waals surface area contributed by atoms with Gasteiger partial charge in [-0.25, -0.2) is 4.52 Å². The number of benzene rings is 3. The molecule has 0 spiro atoms. The van der Waals surface area contributed by atoms with Gasteiger partial charge in [0.25, 0.3) is 0 Å². The largest absolute Gasteiger partial charge is 0.492 e. The summed E-state index contributed by atoms with van der Waals surface area (Å²) >= 11 is 0. The second-order valence-electron chi connectivity index (χ2n) is 9.10. The van der Waals surface area contributed by atoms with Crippen LogP contribution in [0.15, 0.2) is 97.1 Å². The van der Waals surface area contributed by atoms with Crippen molar-refractivity contribution in [1.82, 2.24) is 19.5 Å². The summed E-state index contributed by atoms with van der Waals surface area (Å²) in [6.45, 7) is 4.07. The zero-order valence-electron chi connectivity index (χ0n) is 20.6. The average Bonchev–Trinajstić information content (AvgIpc) is 3.60. The number of ether oxygens (including phenoxy) is 2. The molecule has 6 rings (SSSR count). The molecule has 7 heteroatoms. The molecule has 37 heavy (non-hydrogen) atoms. The Hall–Kier alpha value is -4.36. The quantitative estimate of drug-likeness (QED) is 0.257. The fourth-order valence-corrected chi connectivity index (χ4v) is 4.56. The smallest absolute Gasteiger partial charge is 0.247 e. The summed E-state index contributed by atoms with van der Waals surface area (Å²) in [5.41, 5.74) is 3.65. The van der Waals surface area contributed by atoms with E-state index in [1.807, 2.05) is 102 Å². The lowest BCUT2D eigenvalue weighted by Crippen LogP contribution is -2.25. The molecule has 0 radical (unpaired) electrons. The minimum absolute atomic E-state index is 0.541. The van der Waals surface area contributed by atoms with Crippen LogP contribution in [0.4, 0.5) is 11.6 Å². The Bertz CT molecular complexity index is 1440. The SMILES string of the molecule is c1ccc(Oc2ccc(-c3cccc4nc(Nc5ccc(OCCN6CCCC6)cc5)nn34)cc2)cc1. The number of rotatable bonds is 9. The van der Waals surface area contributed by atoms with Crippen LogP contribution in [0.5, 0.6) is 17.2 Å². The van der Waals surface area contributed by atoms with E-state index in [9.17, 15) is 0 Å².